The van der Waals surface area contributed by atoms with E-state index in [4.69, 9.17) is 23.2 Å². The summed E-state index contributed by atoms with van der Waals surface area (Å²) in [6.07, 6.45) is 0. The third-order valence-corrected chi connectivity index (χ3v) is 4.10. The van der Waals surface area contributed by atoms with Gasteiger partial charge in [-0.3, -0.25) is 4.98 Å². The number of aryl methyl sites for hydroxylation is 2. The number of hydrogen-bond acceptors (Lipinski definition) is 1. The van der Waals surface area contributed by atoms with Gasteiger partial charge >= 0.3 is 0 Å². The molecule has 1 nitrogen and oxygen atoms in total. The highest BCUT2D eigenvalue weighted by Crippen LogP contribution is 2.34. The molecule has 0 amide bonds. The molecule has 0 aliphatic heterocycles. The van der Waals surface area contributed by atoms with Crippen LogP contribution < -0.4 is 0 Å². The van der Waals surface area contributed by atoms with Crippen LogP contribution in [0.5, 0.6) is 0 Å². The number of benzene rings is 1. The lowest BCUT2D eigenvalue weighted by molar-refractivity contribution is 1.22. The lowest BCUT2D eigenvalue weighted by atomic mass is 10.1. The number of halogens is 3. The molecule has 0 saturated heterocycles. The van der Waals surface area contributed by atoms with E-state index in [1.54, 1.807) is 0 Å². The van der Waals surface area contributed by atoms with E-state index in [1.165, 1.54) is 0 Å². The Morgan fingerprint density at radius 3 is 2.53 bits per heavy atom. The summed E-state index contributed by atoms with van der Waals surface area (Å²) in [5.41, 5.74) is 2.83. The Balaban J connectivity index is 2.98. The van der Waals surface area contributed by atoms with Crippen LogP contribution >= 0.6 is 39.1 Å². The second-order valence-electron chi connectivity index (χ2n) is 3.44. The summed E-state index contributed by atoms with van der Waals surface area (Å²) in [5.74, 6) is 0. The minimum atomic E-state index is 0.670. The van der Waals surface area contributed by atoms with Crippen molar-refractivity contribution in [3.05, 3.63) is 37.9 Å². The number of nitrogens with zero attached hydrogens (tertiary/aromatic N) is 1. The third kappa shape index (κ3) is 1.86. The zero-order chi connectivity index (χ0) is 11.2. The van der Waals surface area contributed by atoms with Crippen molar-refractivity contribution in [2.24, 2.45) is 0 Å². The second kappa shape index (κ2) is 3.93. The molecule has 0 aliphatic carbocycles. The Kier molecular flexibility index (Phi) is 2.93. The first-order valence-corrected chi connectivity index (χ1v) is 5.97. The molecule has 0 atom stereocenters. The standard InChI is InChI=1S/C11H8BrCl2N/c1-5-3-7(13)4-8-10(14)9(12)6(2)15-11(5)8/h3-4H,1-2H3. The third-order valence-electron chi connectivity index (χ3n) is 2.29. The normalized spacial score (nSPS) is 11.0. The van der Waals surface area contributed by atoms with E-state index in [0.717, 1.165) is 26.6 Å². The molecule has 2 aromatic rings. The van der Waals surface area contributed by atoms with Gasteiger partial charge in [-0.1, -0.05) is 23.2 Å². The molecule has 0 unspecified atom stereocenters. The number of rotatable bonds is 0. The van der Waals surface area contributed by atoms with Gasteiger partial charge in [-0.2, -0.15) is 0 Å². The van der Waals surface area contributed by atoms with Crippen molar-refractivity contribution in [3.8, 4) is 0 Å². The molecule has 0 saturated carbocycles. The Bertz CT molecular complexity index is 552. The van der Waals surface area contributed by atoms with Gasteiger partial charge in [0.15, 0.2) is 0 Å². The summed E-state index contributed by atoms with van der Waals surface area (Å²) in [4.78, 5) is 4.49. The summed E-state index contributed by atoms with van der Waals surface area (Å²) in [5, 5.41) is 2.24. The first-order valence-electron chi connectivity index (χ1n) is 4.42. The molecule has 78 valence electrons. The quantitative estimate of drug-likeness (QED) is 0.673. The minimum Gasteiger partial charge on any atom is -0.252 e. The van der Waals surface area contributed by atoms with Gasteiger partial charge in [0.2, 0.25) is 0 Å². The monoisotopic (exact) mass is 303 g/mol. The molecule has 1 heterocycles. The van der Waals surface area contributed by atoms with Crippen LogP contribution in [0.2, 0.25) is 10.0 Å². The zero-order valence-corrected chi connectivity index (χ0v) is 11.3. The molecule has 0 bridgehead atoms. The van der Waals surface area contributed by atoms with Gasteiger partial charge in [-0.05, 0) is 47.5 Å². The van der Waals surface area contributed by atoms with Crippen molar-refractivity contribution < 1.29 is 0 Å². The molecule has 1 aromatic heterocycles. The zero-order valence-electron chi connectivity index (χ0n) is 8.24. The Morgan fingerprint density at radius 2 is 1.87 bits per heavy atom. The van der Waals surface area contributed by atoms with Crippen molar-refractivity contribution in [3.63, 3.8) is 0 Å². The molecule has 0 fully saturated rings. The number of aromatic nitrogens is 1. The molecule has 0 spiro atoms. The van der Waals surface area contributed by atoms with Gasteiger partial charge in [0.05, 0.1) is 20.7 Å². The molecule has 4 heteroatoms. The first-order chi connectivity index (χ1) is 7.00. The van der Waals surface area contributed by atoms with Crippen LogP contribution in [0.3, 0.4) is 0 Å². The molecule has 0 aliphatic rings. The van der Waals surface area contributed by atoms with E-state index in [1.807, 2.05) is 26.0 Å². The van der Waals surface area contributed by atoms with E-state index in [0.29, 0.717) is 10.0 Å². The van der Waals surface area contributed by atoms with Gasteiger partial charge in [0.1, 0.15) is 0 Å². The van der Waals surface area contributed by atoms with Crippen LogP contribution in [0.15, 0.2) is 16.6 Å². The SMILES string of the molecule is Cc1nc2c(C)cc(Cl)cc2c(Cl)c1Br. The smallest absolute Gasteiger partial charge is 0.0751 e. The fourth-order valence-electron chi connectivity index (χ4n) is 1.55. The lowest BCUT2D eigenvalue weighted by Gasteiger charge is -2.08. The summed E-state index contributed by atoms with van der Waals surface area (Å²) >= 11 is 15.6. The van der Waals surface area contributed by atoms with E-state index < -0.39 is 0 Å². The average molecular weight is 305 g/mol. The molecule has 1 aromatic carbocycles. The van der Waals surface area contributed by atoms with Gasteiger partial charge in [-0.15, -0.1) is 0 Å². The summed E-state index contributed by atoms with van der Waals surface area (Å²) < 4.78 is 0.832. The second-order valence-corrected chi connectivity index (χ2v) is 5.05. The maximum absolute atomic E-state index is 6.23. The van der Waals surface area contributed by atoms with E-state index in [2.05, 4.69) is 20.9 Å². The van der Waals surface area contributed by atoms with Crippen LogP contribution in [0.25, 0.3) is 10.9 Å². The van der Waals surface area contributed by atoms with Crippen molar-refractivity contribution in [2.45, 2.75) is 13.8 Å². The number of pyridine rings is 1. The number of fused-ring (bicyclic) bond motifs is 1. The molecule has 15 heavy (non-hydrogen) atoms. The molecule has 0 N–H and O–H groups in total. The number of hydrogen-bond donors (Lipinski definition) is 0. The first kappa shape index (κ1) is 11.2. The minimum absolute atomic E-state index is 0.670. The topological polar surface area (TPSA) is 12.9 Å². The van der Waals surface area contributed by atoms with Gasteiger partial charge in [-0.25, -0.2) is 0 Å². The Hall–Kier alpha value is -0.310. The van der Waals surface area contributed by atoms with Crippen molar-refractivity contribution in [2.75, 3.05) is 0 Å². The van der Waals surface area contributed by atoms with E-state index in [-0.39, 0.29) is 0 Å². The largest absolute Gasteiger partial charge is 0.252 e. The Morgan fingerprint density at radius 1 is 1.20 bits per heavy atom. The predicted octanol–water partition coefficient (Wildman–Crippen LogP) is 4.92. The lowest BCUT2D eigenvalue weighted by Crippen LogP contribution is -1.90. The van der Waals surface area contributed by atoms with E-state index in [9.17, 15) is 0 Å². The highest BCUT2D eigenvalue weighted by atomic mass is 79.9. The van der Waals surface area contributed by atoms with Crippen LogP contribution in [-0.2, 0) is 0 Å². The molecular weight excluding hydrogens is 297 g/mol. The summed E-state index contributed by atoms with van der Waals surface area (Å²) in [7, 11) is 0. The van der Waals surface area contributed by atoms with E-state index >= 15 is 0 Å². The fourth-order valence-corrected chi connectivity index (χ4v) is 2.40. The van der Waals surface area contributed by atoms with Crippen LogP contribution in [0, 0.1) is 13.8 Å². The molecular formula is C11H8BrCl2N. The van der Waals surface area contributed by atoms with Gasteiger partial charge in [0, 0.05) is 10.4 Å². The Labute approximate surface area is 107 Å². The highest BCUT2D eigenvalue weighted by molar-refractivity contribution is 9.10. The van der Waals surface area contributed by atoms with Crippen LogP contribution in [0.1, 0.15) is 11.3 Å². The van der Waals surface area contributed by atoms with Crippen molar-refractivity contribution in [1.82, 2.24) is 4.98 Å². The van der Waals surface area contributed by atoms with Crippen LogP contribution in [0.4, 0.5) is 0 Å². The maximum Gasteiger partial charge on any atom is 0.0751 e. The highest BCUT2D eigenvalue weighted by Gasteiger charge is 2.10. The molecule has 0 radical (unpaired) electrons. The van der Waals surface area contributed by atoms with Gasteiger partial charge in [0.25, 0.3) is 0 Å². The van der Waals surface area contributed by atoms with Crippen molar-refractivity contribution >= 4 is 50.0 Å². The average Bonchev–Trinajstić information content (AvgIpc) is 2.17. The maximum atomic E-state index is 6.23. The van der Waals surface area contributed by atoms with Crippen molar-refractivity contribution in [1.29, 1.82) is 0 Å². The summed E-state index contributed by atoms with van der Waals surface area (Å²) in [6.45, 7) is 3.90. The molecule has 2 rings (SSSR count). The fraction of sp³-hybridized carbons (Fsp3) is 0.182. The van der Waals surface area contributed by atoms with Gasteiger partial charge < -0.3 is 0 Å². The summed E-state index contributed by atoms with van der Waals surface area (Å²) in [6, 6.07) is 3.73. The predicted molar refractivity (Wildman–Crippen MR) is 68.9 cm³/mol. The van der Waals surface area contributed by atoms with Crippen LogP contribution in [-0.4, -0.2) is 4.98 Å².